The van der Waals surface area contributed by atoms with Gasteiger partial charge in [0.2, 0.25) is 0 Å². The van der Waals surface area contributed by atoms with E-state index in [0.717, 1.165) is 38.5 Å². The number of hydrogen-bond donors (Lipinski definition) is 1. The zero-order valence-corrected chi connectivity index (χ0v) is 22.5. The number of aliphatic hydroxyl groups is 1. The van der Waals surface area contributed by atoms with Crippen molar-refractivity contribution >= 4 is 10.1 Å². The third-order valence-electron chi connectivity index (χ3n) is 5.75. The van der Waals surface area contributed by atoms with Crippen LogP contribution in [-0.4, -0.2) is 29.4 Å². The van der Waals surface area contributed by atoms with E-state index in [9.17, 15) is 18.1 Å². The maximum Gasteiger partial charge on any atom is 1.00 e. The van der Waals surface area contributed by atoms with Crippen LogP contribution in [0, 0.1) is 0 Å². The standard InChI is InChI=1S/C23H48O4S.Na/c1-3-5-7-9-11-12-13-14-15-16-18-20-22(24)23(28(25,26)27)21-19-17-10-8-6-4-2;/h22-24H,3-21H2,1-2H3,(H,25,26,27);/q;+1/p-1. The quantitative estimate of drug-likeness (QED) is 0.167. The number of hydrogen-bond acceptors (Lipinski definition) is 4. The number of rotatable bonds is 21. The van der Waals surface area contributed by atoms with Gasteiger partial charge in [-0.3, -0.25) is 0 Å². The Morgan fingerprint density at radius 1 is 0.621 bits per heavy atom. The Bertz CT molecular complexity index is 429. The summed E-state index contributed by atoms with van der Waals surface area (Å²) in [5.74, 6) is 0. The van der Waals surface area contributed by atoms with Crippen LogP contribution in [0.3, 0.4) is 0 Å². The first-order chi connectivity index (χ1) is 13.4. The molecule has 4 nitrogen and oxygen atoms in total. The minimum atomic E-state index is -4.43. The first-order valence-electron chi connectivity index (χ1n) is 12.1. The van der Waals surface area contributed by atoms with Crippen LogP contribution >= 0.6 is 0 Å². The average Bonchev–Trinajstić information content (AvgIpc) is 2.64. The fourth-order valence-electron chi connectivity index (χ4n) is 3.86. The van der Waals surface area contributed by atoms with Crippen molar-refractivity contribution in [2.24, 2.45) is 0 Å². The molecule has 6 heteroatoms. The molecule has 0 heterocycles. The Labute approximate surface area is 204 Å². The molecule has 0 amide bonds. The van der Waals surface area contributed by atoms with Crippen LogP contribution in [-0.2, 0) is 10.1 Å². The van der Waals surface area contributed by atoms with Crippen molar-refractivity contribution in [1.29, 1.82) is 0 Å². The molecule has 0 aliphatic carbocycles. The SMILES string of the molecule is CCCCCCCCCCCCCC(O)C(CCCCCCCC)S(=O)(=O)[O-].[Na+]. The van der Waals surface area contributed by atoms with E-state index in [1.54, 1.807) is 0 Å². The van der Waals surface area contributed by atoms with Gasteiger partial charge in [-0.05, 0) is 12.8 Å². The van der Waals surface area contributed by atoms with Crippen LogP contribution in [0.2, 0.25) is 0 Å². The maximum atomic E-state index is 11.5. The van der Waals surface area contributed by atoms with Gasteiger partial charge in [-0.1, -0.05) is 123 Å². The number of aliphatic hydroxyl groups excluding tert-OH is 1. The minimum Gasteiger partial charge on any atom is -0.748 e. The third kappa shape index (κ3) is 20.5. The van der Waals surface area contributed by atoms with E-state index >= 15 is 0 Å². The van der Waals surface area contributed by atoms with Crippen LogP contribution in [0.5, 0.6) is 0 Å². The summed E-state index contributed by atoms with van der Waals surface area (Å²) in [6, 6.07) is 0. The molecule has 0 bridgehead atoms. The van der Waals surface area contributed by atoms with Gasteiger partial charge in [-0.2, -0.15) is 0 Å². The van der Waals surface area contributed by atoms with Crippen molar-refractivity contribution in [1.82, 2.24) is 0 Å². The van der Waals surface area contributed by atoms with E-state index in [1.807, 2.05) is 0 Å². The summed E-state index contributed by atoms with van der Waals surface area (Å²) in [4.78, 5) is 0. The van der Waals surface area contributed by atoms with Gasteiger partial charge < -0.3 is 9.66 Å². The van der Waals surface area contributed by atoms with E-state index in [1.165, 1.54) is 64.2 Å². The van der Waals surface area contributed by atoms with Crippen molar-refractivity contribution in [3.8, 4) is 0 Å². The molecule has 0 fully saturated rings. The first-order valence-corrected chi connectivity index (χ1v) is 13.5. The molecule has 0 saturated carbocycles. The van der Waals surface area contributed by atoms with Crippen LogP contribution in [0.4, 0.5) is 0 Å². The summed E-state index contributed by atoms with van der Waals surface area (Å²) in [5.41, 5.74) is 0. The fourth-order valence-corrected chi connectivity index (χ4v) is 4.83. The predicted octanol–water partition coefficient (Wildman–Crippen LogP) is 3.72. The van der Waals surface area contributed by atoms with E-state index in [4.69, 9.17) is 0 Å². The van der Waals surface area contributed by atoms with Crippen LogP contribution in [0.15, 0.2) is 0 Å². The average molecular weight is 443 g/mol. The molecule has 2 atom stereocenters. The Kier molecular flexibility index (Phi) is 24.4. The van der Waals surface area contributed by atoms with E-state index in [0.29, 0.717) is 19.3 Å². The maximum absolute atomic E-state index is 11.5. The Balaban J connectivity index is 0. The van der Waals surface area contributed by atoms with Gasteiger partial charge >= 0.3 is 29.6 Å². The van der Waals surface area contributed by atoms with Gasteiger partial charge in [-0.25, -0.2) is 8.42 Å². The summed E-state index contributed by atoms with van der Waals surface area (Å²) >= 11 is 0. The first kappa shape index (κ1) is 32.1. The topological polar surface area (TPSA) is 77.4 Å². The molecule has 0 aromatic carbocycles. The molecule has 0 aliphatic rings. The van der Waals surface area contributed by atoms with Gasteiger partial charge in [0.25, 0.3) is 0 Å². The minimum absolute atomic E-state index is 0. The van der Waals surface area contributed by atoms with Crippen molar-refractivity contribution in [2.45, 2.75) is 147 Å². The van der Waals surface area contributed by atoms with Crippen molar-refractivity contribution in [2.75, 3.05) is 0 Å². The molecule has 0 aliphatic heterocycles. The molecular formula is C23H47NaO4S. The van der Waals surface area contributed by atoms with E-state index < -0.39 is 21.5 Å². The second-order valence-electron chi connectivity index (χ2n) is 8.48. The molecule has 1 N–H and O–H groups in total. The van der Waals surface area contributed by atoms with Crippen LogP contribution in [0.1, 0.15) is 136 Å². The zero-order chi connectivity index (χ0) is 21.1. The van der Waals surface area contributed by atoms with Gasteiger partial charge in [0, 0.05) is 0 Å². The summed E-state index contributed by atoms with van der Waals surface area (Å²) in [6.45, 7) is 4.39. The van der Waals surface area contributed by atoms with E-state index in [-0.39, 0.29) is 29.6 Å². The van der Waals surface area contributed by atoms with Crippen molar-refractivity contribution in [3.05, 3.63) is 0 Å². The molecule has 2 unspecified atom stereocenters. The fraction of sp³-hybridized carbons (Fsp3) is 1.00. The third-order valence-corrected chi connectivity index (χ3v) is 7.04. The van der Waals surface area contributed by atoms with Crippen molar-refractivity contribution in [3.63, 3.8) is 0 Å². The Hall–Kier alpha value is 0.870. The molecule has 0 aromatic heterocycles. The second kappa shape index (κ2) is 22.1. The van der Waals surface area contributed by atoms with Gasteiger partial charge in [0.15, 0.2) is 0 Å². The molecule has 29 heavy (non-hydrogen) atoms. The molecular weight excluding hydrogens is 395 g/mol. The molecule has 0 spiro atoms. The summed E-state index contributed by atoms with van der Waals surface area (Å²) < 4.78 is 34.6. The largest absolute Gasteiger partial charge is 1.00 e. The summed E-state index contributed by atoms with van der Waals surface area (Å²) in [5, 5.41) is 9.13. The molecule has 0 rings (SSSR count). The Morgan fingerprint density at radius 2 is 0.931 bits per heavy atom. The molecule has 170 valence electrons. The van der Waals surface area contributed by atoms with Gasteiger partial charge in [0.1, 0.15) is 10.1 Å². The number of unbranched alkanes of at least 4 members (excludes halogenated alkanes) is 15. The second-order valence-corrected chi connectivity index (χ2v) is 10.1. The normalized spacial score (nSPS) is 13.8. The molecule has 0 saturated heterocycles. The molecule has 0 radical (unpaired) electrons. The zero-order valence-electron chi connectivity index (χ0n) is 19.7. The van der Waals surface area contributed by atoms with Crippen molar-refractivity contribution < 1.29 is 47.6 Å². The van der Waals surface area contributed by atoms with Gasteiger partial charge in [0.05, 0.1) is 11.4 Å². The van der Waals surface area contributed by atoms with Gasteiger partial charge in [-0.15, -0.1) is 0 Å². The molecule has 0 aromatic rings. The smallest absolute Gasteiger partial charge is 0.748 e. The Morgan fingerprint density at radius 3 is 1.28 bits per heavy atom. The summed E-state index contributed by atoms with van der Waals surface area (Å²) in [7, 11) is -4.43. The summed E-state index contributed by atoms with van der Waals surface area (Å²) in [6.07, 6.45) is 19.4. The monoisotopic (exact) mass is 442 g/mol. The predicted molar refractivity (Wildman–Crippen MR) is 119 cm³/mol. The van der Waals surface area contributed by atoms with E-state index in [2.05, 4.69) is 13.8 Å². The van der Waals surface area contributed by atoms with Crippen LogP contribution in [0.25, 0.3) is 0 Å². The van der Waals surface area contributed by atoms with Crippen LogP contribution < -0.4 is 29.6 Å².